The van der Waals surface area contributed by atoms with Crippen LogP contribution in [0.15, 0.2) is 42.0 Å². The van der Waals surface area contributed by atoms with Crippen LogP contribution in [0.1, 0.15) is 109 Å². The Hall–Kier alpha value is -1.61. The van der Waals surface area contributed by atoms with Gasteiger partial charge in [0.15, 0.2) is 0 Å². The molecule has 0 bridgehead atoms. The van der Waals surface area contributed by atoms with Gasteiger partial charge in [-0.3, -0.25) is 0 Å². The van der Waals surface area contributed by atoms with Crippen LogP contribution in [0, 0.1) is 46.3 Å². The SMILES string of the molecule is CC(C)CCC[C@H](C)[C@H]1CC[C@H]2[C@@H]3[C@@H](OC(=O)c4ccccc4)C=C4C[C@@H](O)CC[C@]4(C)[C@H]3CC[C@]12C. The van der Waals surface area contributed by atoms with Gasteiger partial charge < -0.3 is 9.84 Å². The molecule has 0 aromatic heterocycles. The second-order valence-corrected chi connectivity index (χ2v) is 14.1. The van der Waals surface area contributed by atoms with Crippen LogP contribution in [0.25, 0.3) is 0 Å². The summed E-state index contributed by atoms with van der Waals surface area (Å²) in [4.78, 5) is 13.3. The third kappa shape index (κ3) is 4.95. The standard InChI is InChI=1S/C34H50O3/c1-22(2)10-9-11-23(3)27-14-15-28-31-29(17-19-34(27,28)5)33(4)18-16-26(35)20-25(33)21-30(31)37-32(36)24-12-7-6-8-13-24/h6-8,12-13,21-23,26-31,35H,9-11,14-20H2,1-5H3/t23-,26-,27+,28-,29-,30-,31-,33-,34+/m0/s1. The van der Waals surface area contributed by atoms with Crippen LogP contribution in [0.3, 0.4) is 0 Å². The molecule has 1 N–H and O–H groups in total. The van der Waals surface area contributed by atoms with E-state index in [1.54, 1.807) is 0 Å². The largest absolute Gasteiger partial charge is 0.454 e. The first kappa shape index (κ1) is 27.0. The van der Waals surface area contributed by atoms with Crippen LogP contribution >= 0.6 is 0 Å². The highest BCUT2D eigenvalue weighted by atomic mass is 16.5. The van der Waals surface area contributed by atoms with Crippen LogP contribution in [0.2, 0.25) is 0 Å². The van der Waals surface area contributed by atoms with Gasteiger partial charge in [-0.15, -0.1) is 0 Å². The highest BCUT2D eigenvalue weighted by Crippen LogP contribution is 2.67. The number of aliphatic hydroxyl groups excluding tert-OH is 1. The van der Waals surface area contributed by atoms with Crippen molar-refractivity contribution in [2.45, 2.75) is 111 Å². The van der Waals surface area contributed by atoms with Crippen molar-refractivity contribution >= 4 is 5.97 Å². The second-order valence-electron chi connectivity index (χ2n) is 14.1. The number of esters is 1. The number of hydrogen-bond donors (Lipinski definition) is 1. The first-order chi connectivity index (χ1) is 17.6. The van der Waals surface area contributed by atoms with Gasteiger partial charge in [-0.2, -0.15) is 0 Å². The molecule has 37 heavy (non-hydrogen) atoms. The molecule has 0 unspecified atom stereocenters. The van der Waals surface area contributed by atoms with E-state index in [0.29, 0.717) is 28.7 Å². The second kappa shape index (κ2) is 10.5. The summed E-state index contributed by atoms with van der Waals surface area (Å²) in [5, 5.41) is 10.5. The molecule has 4 aliphatic rings. The Morgan fingerprint density at radius 3 is 2.49 bits per heavy atom. The molecular weight excluding hydrogens is 456 g/mol. The smallest absolute Gasteiger partial charge is 0.338 e. The van der Waals surface area contributed by atoms with Crippen LogP contribution in [0.5, 0.6) is 0 Å². The summed E-state index contributed by atoms with van der Waals surface area (Å²) in [7, 11) is 0. The minimum atomic E-state index is -0.266. The molecule has 5 rings (SSSR count). The Balaban J connectivity index is 1.44. The molecule has 4 aliphatic carbocycles. The van der Waals surface area contributed by atoms with Crippen LogP contribution in [-0.2, 0) is 4.74 Å². The van der Waals surface area contributed by atoms with Gasteiger partial charge in [-0.05, 0) is 104 Å². The first-order valence-corrected chi connectivity index (χ1v) is 15.3. The predicted molar refractivity (Wildman–Crippen MR) is 150 cm³/mol. The van der Waals surface area contributed by atoms with Crippen LogP contribution < -0.4 is 0 Å². The number of rotatable bonds is 7. The van der Waals surface area contributed by atoms with E-state index in [4.69, 9.17) is 4.74 Å². The Kier molecular flexibility index (Phi) is 7.66. The van der Waals surface area contributed by atoms with Crippen LogP contribution in [-0.4, -0.2) is 23.3 Å². The van der Waals surface area contributed by atoms with Gasteiger partial charge >= 0.3 is 5.97 Å². The molecule has 3 fully saturated rings. The van der Waals surface area contributed by atoms with Gasteiger partial charge in [0.25, 0.3) is 0 Å². The first-order valence-electron chi connectivity index (χ1n) is 15.3. The lowest BCUT2D eigenvalue weighted by molar-refractivity contribution is -0.101. The van der Waals surface area contributed by atoms with Gasteiger partial charge in [0.2, 0.25) is 0 Å². The fraction of sp³-hybridized carbons (Fsp3) is 0.735. The van der Waals surface area contributed by atoms with Gasteiger partial charge in [0.05, 0.1) is 11.7 Å². The number of aliphatic hydroxyl groups is 1. The minimum Gasteiger partial charge on any atom is -0.454 e. The van der Waals surface area contributed by atoms with E-state index in [-0.39, 0.29) is 23.6 Å². The monoisotopic (exact) mass is 506 g/mol. The molecule has 0 radical (unpaired) electrons. The summed E-state index contributed by atoms with van der Waals surface area (Å²) in [6.45, 7) is 12.2. The lowest BCUT2D eigenvalue weighted by Crippen LogP contribution is -2.55. The molecule has 0 spiro atoms. The molecule has 0 aliphatic heterocycles. The van der Waals surface area contributed by atoms with E-state index in [1.165, 1.54) is 50.5 Å². The molecule has 0 heterocycles. The van der Waals surface area contributed by atoms with Gasteiger partial charge in [0, 0.05) is 5.92 Å². The molecule has 0 saturated heterocycles. The normalized spacial score (nSPS) is 39.8. The Morgan fingerprint density at radius 1 is 1.00 bits per heavy atom. The van der Waals surface area contributed by atoms with Crippen LogP contribution in [0.4, 0.5) is 0 Å². The van der Waals surface area contributed by atoms with Gasteiger partial charge in [-0.1, -0.05) is 77.7 Å². The molecule has 9 atom stereocenters. The molecular formula is C34H50O3. The van der Waals surface area contributed by atoms with Crippen molar-refractivity contribution in [1.29, 1.82) is 0 Å². The molecule has 3 saturated carbocycles. The van der Waals surface area contributed by atoms with E-state index in [1.807, 2.05) is 30.3 Å². The topological polar surface area (TPSA) is 46.5 Å². The Morgan fingerprint density at radius 2 is 1.76 bits per heavy atom. The van der Waals surface area contributed by atoms with Crippen molar-refractivity contribution in [3.05, 3.63) is 47.5 Å². The highest BCUT2D eigenvalue weighted by Gasteiger charge is 2.62. The molecule has 204 valence electrons. The predicted octanol–water partition coefficient (Wildman–Crippen LogP) is 8.22. The number of carbonyl (C=O) groups is 1. The maximum Gasteiger partial charge on any atom is 0.338 e. The zero-order chi connectivity index (χ0) is 26.4. The fourth-order valence-corrected chi connectivity index (χ4v) is 9.51. The van der Waals surface area contributed by atoms with E-state index in [0.717, 1.165) is 37.0 Å². The lowest BCUT2D eigenvalue weighted by atomic mass is 9.46. The number of fused-ring (bicyclic) bond motifs is 5. The van der Waals surface area contributed by atoms with E-state index in [9.17, 15) is 9.90 Å². The molecule has 1 aromatic carbocycles. The summed E-state index contributed by atoms with van der Waals surface area (Å²) in [6.07, 6.45) is 13.6. The third-order valence-corrected chi connectivity index (χ3v) is 11.5. The van der Waals surface area contributed by atoms with Crippen molar-refractivity contribution in [3.63, 3.8) is 0 Å². The quantitative estimate of drug-likeness (QED) is 0.299. The molecule has 3 heteroatoms. The fourth-order valence-electron chi connectivity index (χ4n) is 9.51. The molecule has 1 aromatic rings. The molecule has 3 nitrogen and oxygen atoms in total. The Bertz CT molecular complexity index is 982. The average molecular weight is 507 g/mol. The maximum absolute atomic E-state index is 13.3. The van der Waals surface area contributed by atoms with Crippen molar-refractivity contribution in [2.75, 3.05) is 0 Å². The van der Waals surface area contributed by atoms with Crippen molar-refractivity contribution in [2.24, 2.45) is 46.3 Å². The van der Waals surface area contributed by atoms with E-state index >= 15 is 0 Å². The highest BCUT2D eigenvalue weighted by molar-refractivity contribution is 5.89. The summed E-state index contributed by atoms with van der Waals surface area (Å²) < 4.78 is 6.42. The maximum atomic E-state index is 13.3. The summed E-state index contributed by atoms with van der Waals surface area (Å²) in [6, 6.07) is 9.48. The third-order valence-electron chi connectivity index (χ3n) is 11.5. The van der Waals surface area contributed by atoms with Crippen molar-refractivity contribution < 1.29 is 14.6 Å². The van der Waals surface area contributed by atoms with Gasteiger partial charge in [-0.25, -0.2) is 4.79 Å². The zero-order valence-electron chi connectivity index (χ0n) is 23.9. The van der Waals surface area contributed by atoms with E-state index in [2.05, 4.69) is 40.7 Å². The molecule has 0 amide bonds. The van der Waals surface area contributed by atoms with Crippen molar-refractivity contribution in [1.82, 2.24) is 0 Å². The number of hydrogen-bond acceptors (Lipinski definition) is 3. The summed E-state index contributed by atoms with van der Waals surface area (Å²) in [5.74, 6) is 3.61. The minimum absolute atomic E-state index is 0.127. The van der Waals surface area contributed by atoms with Crippen molar-refractivity contribution in [3.8, 4) is 0 Å². The summed E-state index contributed by atoms with van der Waals surface area (Å²) in [5.41, 5.74) is 2.43. The zero-order valence-corrected chi connectivity index (χ0v) is 23.9. The van der Waals surface area contributed by atoms with Gasteiger partial charge in [0.1, 0.15) is 6.10 Å². The number of ether oxygens (including phenoxy) is 1. The average Bonchev–Trinajstić information content (AvgIpc) is 3.22. The lowest BCUT2D eigenvalue weighted by Gasteiger charge is -2.59. The number of carbonyl (C=O) groups excluding carboxylic acids is 1. The Labute approximate surface area is 225 Å². The summed E-state index contributed by atoms with van der Waals surface area (Å²) >= 11 is 0. The van der Waals surface area contributed by atoms with E-state index < -0.39 is 0 Å². The number of benzene rings is 1.